The minimum Gasteiger partial charge on any atom is -0.396 e. The third kappa shape index (κ3) is 3.29. The Morgan fingerprint density at radius 3 is 2.43 bits per heavy atom. The molecule has 2 unspecified atom stereocenters. The molecule has 0 aromatic heterocycles. The zero-order chi connectivity index (χ0) is 10.6. The van der Waals surface area contributed by atoms with E-state index >= 15 is 0 Å². The fraction of sp³-hybridized carbons (Fsp3) is 0.909. The van der Waals surface area contributed by atoms with E-state index in [1.54, 1.807) is 0 Å². The summed E-state index contributed by atoms with van der Waals surface area (Å²) in [6.45, 7) is 6.30. The van der Waals surface area contributed by atoms with Gasteiger partial charge in [-0.1, -0.05) is 13.8 Å². The van der Waals surface area contributed by atoms with Gasteiger partial charge >= 0.3 is 0 Å². The maximum atomic E-state index is 11.7. The molecule has 1 N–H and O–H groups in total. The fourth-order valence-electron chi connectivity index (χ4n) is 2.25. The van der Waals surface area contributed by atoms with Gasteiger partial charge in [-0.15, -0.1) is 0 Å². The van der Waals surface area contributed by atoms with Gasteiger partial charge in [-0.25, -0.2) is 0 Å². The van der Waals surface area contributed by atoms with Crippen LogP contribution in [-0.2, 0) is 4.79 Å². The molecule has 3 nitrogen and oxygen atoms in total. The molecular formula is C11H21NO2. The molecule has 3 heteroatoms. The Morgan fingerprint density at radius 2 is 1.93 bits per heavy atom. The Labute approximate surface area is 86.1 Å². The monoisotopic (exact) mass is 199 g/mol. The molecule has 1 heterocycles. The predicted molar refractivity (Wildman–Crippen MR) is 55.8 cm³/mol. The molecule has 0 aromatic carbocycles. The van der Waals surface area contributed by atoms with Crippen molar-refractivity contribution in [3.63, 3.8) is 0 Å². The number of likely N-dealkylation sites (tertiary alicyclic amines) is 1. The van der Waals surface area contributed by atoms with E-state index in [-0.39, 0.29) is 12.5 Å². The molecule has 1 amide bonds. The molecule has 2 atom stereocenters. The number of piperidine rings is 1. The number of aliphatic hydroxyl groups excluding tert-OH is 1. The number of nitrogens with zero attached hydrogens (tertiary/aromatic N) is 1. The van der Waals surface area contributed by atoms with Crippen LogP contribution >= 0.6 is 0 Å². The molecule has 0 aromatic rings. The van der Waals surface area contributed by atoms with Crippen molar-refractivity contribution in [1.29, 1.82) is 0 Å². The molecule has 82 valence electrons. The van der Waals surface area contributed by atoms with E-state index in [0.717, 1.165) is 13.1 Å². The highest BCUT2D eigenvalue weighted by molar-refractivity contribution is 5.76. The van der Waals surface area contributed by atoms with E-state index in [9.17, 15) is 4.79 Å². The maximum Gasteiger partial charge on any atom is 0.222 e. The fourth-order valence-corrected chi connectivity index (χ4v) is 2.25. The van der Waals surface area contributed by atoms with Crippen molar-refractivity contribution in [3.8, 4) is 0 Å². The number of hydrogen-bond donors (Lipinski definition) is 1. The van der Waals surface area contributed by atoms with Crippen LogP contribution in [0.2, 0.25) is 0 Å². The van der Waals surface area contributed by atoms with Crippen LogP contribution < -0.4 is 0 Å². The lowest BCUT2D eigenvalue weighted by Gasteiger charge is -2.35. The second-order valence-electron chi connectivity index (χ2n) is 4.57. The molecule has 14 heavy (non-hydrogen) atoms. The number of carbonyl (C=O) groups is 1. The first-order valence-corrected chi connectivity index (χ1v) is 5.52. The zero-order valence-electron chi connectivity index (χ0n) is 9.20. The van der Waals surface area contributed by atoms with Crippen molar-refractivity contribution in [2.45, 2.75) is 33.1 Å². The van der Waals surface area contributed by atoms with Gasteiger partial charge in [-0.05, 0) is 24.7 Å². The van der Waals surface area contributed by atoms with E-state index < -0.39 is 0 Å². The average molecular weight is 199 g/mol. The van der Waals surface area contributed by atoms with E-state index in [4.69, 9.17) is 5.11 Å². The smallest absolute Gasteiger partial charge is 0.222 e. The summed E-state index contributed by atoms with van der Waals surface area (Å²) in [4.78, 5) is 13.6. The van der Waals surface area contributed by atoms with Crippen molar-refractivity contribution in [1.82, 2.24) is 4.90 Å². The lowest BCUT2D eigenvalue weighted by molar-refractivity contribution is -0.134. The van der Waals surface area contributed by atoms with Gasteiger partial charge in [0.1, 0.15) is 0 Å². The Kier molecular flexibility index (Phi) is 4.39. The van der Waals surface area contributed by atoms with Crippen molar-refractivity contribution >= 4 is 5.91 Å². The molecular weight excluding hydrogens is 178 g/mol. The first-order valence-electron chi connectivity index (χ1n) is 5.52. The molecule has 1 aliphatic heterocycles. The summed E-state index contributed by atoms with van der Waals surface area (Å²) in [6, 6.07) is 0. The van der Waals surface area contributed by atoms with E-state index in [2.05, 4.69) is 13.8 Å². The van der Waals surface area contributed by atoms with Crippen molar-refractivity contribution in [2.75, 3.05) is 19.7 Å². The third-order valence-corrected chi connectivity index (χ3v) is 2.77. The summed E-state index contributed by atoms with van der Waals surface area (Å²) < 4.78 is 0. The molecule has 1 rings (SSSR count). The van der Waals surface area contributed by atoms with Crippen molar-refractivity contribution in [3.05, 3.63) is 0 Å². The number of amides is 1. The molecule has 0 saturated carbocycles. The van der Waals surface area contributed by atoms with Gasteiger partial charge in [-0.3, -0.25) is 4.79 Å². The minimum absolute atomic E-state index is 0.116. The summed E-state index contributed by atoms with van der Waals surface area (Å²) in [6.07, 6.45) is 2.32. The van der Waals surface area contributed by atoms with E-state index in [0.29, 0.717) is 24.7 Å². The number of carbonyl (C=O) groups excluding carboxylic acids is 1. The first-order chi connectivity index (χ1) is 6.63. The number of aliphatic hydroxyl groups is 1. The van der Waals surface area contributed by atoms with Crippen LogP contribution in [0.15, 0.2) is 0 Å². The quantitative estimate of drug-likeness (QED) is 0.743. The van der Waals surface area contributed by atoms with E-state index in [1.165, 1.54) is 6.42 Å². The van der Waals surface area contributed by atoms with Gasteiger partial charge in [0, 0.05) is 26.1 Å². The number of rotatable bonds is 3. The standard InChI is InChI=1S/C11H21NO2/c1-9-6-10(2)8-12(7-9)11(14)4-3-5-13/h9-10,13H,3-8H2,1-2H3. The lowest BCUT2D eigenvalue weighted by atomic mass is 9.91. The van der Waals surface area contributed by atoms with Crippen LogP contribution in [0.3, 0.4) is 0 Å². The molecule has 1 fully saturated rings. The highest BCUT2D eigenvalue weighted by Gasteiger charge is 2.24. The second-order valence-corrected chi connectivity index (χ2v) is 4.57. The lowest BCUT2D eigenvalue weighted by Crippen LogP contribution is -2.42. The van der Waals surface area contributed by atoms with Gasteiger partial charge in [0.25, 0.3) is 0 Å². The molecule has 0 aliphatic carbocycles. The van der Waals surface area contributed by atoms with Crippen molar-refractivity contribution < 1.29 is 9.90 Å². The van der Waals surface area contributed by atoms with Gasteiger partial charge in [0.15, 0.2) is 0 Å². The largest absolute Gasteiger partial charge is 0.396 e. The van der Waals surface area contributed by atoms with Crippen LogP contribution in [0.4, 0.5) is 0 Å². The Balaban J connectivity index is 2.38. The van der Waals surface area contributed by atoms with Gasteiger partial charge < -0.3 is 10.0 Å². The van der Waals surface area contributed by atoms with Gasteiger partial charge in [0.2, 0.25) is 5.91 Å². The topological polar surface area (TPSA) is 40.5 Å². The zero-order valence-corrected chi connectivity index (χ0v) is 9.20. The third-order valence-electron chi connectivity index (χ3n) is 2.77. The van der Waals surface area contributed by atoms with E-state index in [1.807, 2.05) is 4.90 Å². The number of hydrogen-bond acceptors (Lipinski definition) is 2. The van der Waals surface area contributed by atoms with Crippen LogP contribution in [0.25, 0.3) is 0 Å². The summed E-state index contributed by atoms with van der Waals surface area (Å²) >= 11 is 0. The van der Waals surface area contributed by atoms with Gasteiger partial charge in [0.05, 0.1) is 0 Å². The molecule has 1 aliphatic rings. The van der Waals surface area contributed by atoms with Crippen LogP contribution in [-0.4, -0.2) is 35.6 Å². The minimum atomic E-state index is 0.116. The van der Waals surface area contributed by atoms with Crippen molar-refractivity contribution in [2.24, 2.45) is 11.8 Å². The highest BCUT2D eigenvalue weighted by atomic mass is 16.3. The molecule has 0 radical (unpaired) electrons. The summed E-state index contributed by atoms with van der Waals surface area (Å²) in [7, 11) is 0. The Morgan fingerprint density at radius 1 is 1.36 bits per heavy atom. The van der Waals surface area contributed by atoms with Crippen LogP contribution in [0.5, 0.6) is 0 Å². The Hall–Kier alpha value is -0.570. The molecule has 0 bridgehead atoms. The second kappa shape index (κ2) is 5.35. The summed E-state index contributed by atoms with van der Waals surface area (Å²) in [5, 5.41) is 8.65. The predicted octanol–water partition coefficient (Wildman–Crippen LogP) is 1.26. The van der Waals surface area contributed by atoms with Crippen LogP contribution in [0, 0.1) is 11.8 Å². The maximum absolute atomic E-state index is 11.7. The summed E-state index contributed by atoms with van der Waals surface area (Å²) in [5.74, 6) is 1.45. The normalized spacial score (nSPS) is 27.8. The Bertz CT molecular complexity index is 184. The molecule has 0 spiro atoms. The van der Waals surface area contributed by atoms with Gasteiger partial charge in [-0.2, -0.15) is 0 Å². The van der Waals surface area contributed by atoms with Crippen LogP contribution in [0.1, 0.15) is 33.1 Å². The highest BCUT2D eigenvalue weighted by Crippen LogP contribution is 2.21. The summed E-state index contributed by atoms with van der Waals surface area (Å²) in [5.41, 5.74) is 0. The SMILES string of the molecule is CC1CC(C)CN(C(=O)CCCO)C1. The molecule has 1 saturated heterocycles. The average Bonchev–Trinajstić information content (AvgIpc) is 2.12. The first kappa shape index (κ1) is 11.5.